The van der Waals surface area contributed by atoms with Crippen LogP contribution in [-0.2, 0) is 0 Å². The number of nitrogens with zero attached hydrogens (tertiary/aromatic N) is 1. The molecule has 0 radical (unpaired) electrons. The second-order valence-corrected chi connectivity index (χ2v) is 7.25. The number of halogens is 2. The van der Waals surface area contributed by atoms with Crippen LogP contribution in [0.1, 0.15) is 31.0 Å². The molecule has 1 fully saturated rings. The summed E-state index contributed by atoms with van der Waals surface area (Å²) in [6.07, 6.45) is 0. The van der Waals surface area contributed by atoms with Crippen molar-refractivity contribution >= 4 is 28.3 Å². The van der Waals surface area contributed by atoms with Crippen LogP contribution in [0.3, 0.4) is 0 Å². The van der Waals surface area contributed by atoms with Gasteiger partial charge in [0.15, 0.2) is 0 Å². The molecule has 2 N–H and O–H groups in total. The van der Waals surface area contributed by atoms with Gasteiger partial charge in [-0.1, -0.05) is 35.8 Å². The molecule has 1 aromatic carbocycles. The summed E-state index contributed by atoms with van der Waals surface area (Å²) >= 11 is 3.58. The summed E-state index contributed by atoms with van der Waals surface area (Å²) in [5.41, 5.74) is 2.45. The van der Waals surface area contributed by atoms with Crippen molar-refractivity contribution < 1.29 is 5.11 Å². The van der Waals surface area contributed by atoms with Crippen LogP contribution in [0.5, 0.6) is 0 Å². The fourth-order valence-corrected chi connectivity index (χ4v) is 3.42. The first-order chi connectivity index (χ1) is 9.45. The lowest BCUT2D eigenvalue weighted by Crippen LogP contribution is -2.49. The predicted octanol–water partition coefficient (Wildman–Crippen LogP) is 3.14. The highest BCUT2D eigenvalue weighted by Crippen LogP contribution is 2.40. The summed E-state index contributed by atoms with van der Waals surface area (Å²) < 4.78 is 1.10. The second-order valence-electron chi connectivity index (χ2n) is 6.34. The Morgan fingerprint density at radius 3 is 2.52 bits per heavy atom. The molecular weight excluding hydrogens is 352 g/mol. The summed E-state index contributed by atoms with van der Waals surface area (Å²) in [6, 6.07) is 6.69. The molecule has 21 heavy (non-hydrogen) atoms. The fraction of sp³-hybridized carbons (Fsp3) is 0.625. The van der Waals surface area contributed by atoms with Crippen molar-refractivity contribution in [1.82, 2.24) is 10.2 Å². The van der Waals surface area contributed by atoms with Crippen LogP contribution in [0.4, 0.5) is 0 Å². The lowest BCUT2D eigenvalue weighted by molar-refractivity contribution is 0.0302. The van der Waals surface area contributed by atoms with Crippen molar-refractivity contribution in [1.29, 1.82) is 0 Å². The predicted molar refractivity (Wildman–Crippen MR) is 94.2 cm³/mol. The van der Waals surface area contributed by atoms with Gasteiger partial charge in [-0.2, -0.15) is 0 Å². The quantitative estimate of drug-likeness (QED) is 0.846. The zero-order valence-corrected chi connectivity index (χ0v) is 15.4. The number of piperazine rings is 1. The molecule has 0 unspecified atom stereocenters. The van der Waals surface area contributed by atoms with Gasteiger partial charge in [0, 0.05) is 48.7 Å². The highest BCUT2D eigenvalue weighted by atomic mass is 79.9. The maximum absolute atomic E-state index is 9.86. The third-order valence-electron chi connectivity index (χ3n) is 4.20. The minimum atomic E-state index is -0.164. The summed E-state index contributed by atoms with van der Waals surface area (Å²) in [5, 5.41) is 13.3. The summed E-state index contributed by atoms with van der Waals surface area (Å²) in [6.45, 7) is 10.7. The molecule has 0 spiro atoms. The van der Waals surface area contributed by atoms with Gasteiger partial charge in [0.1, 0.15) is 0 Å². The van der Waals surface area contributed by atoms with Crippen molar-refractivity contribution in [2.45, 2.75) is 26.8 Å². The molecule has 1 heterocycles. The number of hydrogen-bond acceptors (Lipinski definition) is 3. The normalized spacial score (nSPS) is 18.1. The molecule has 1 aliphatic heterocycles. The molecule has 120 valence electrons. The van der Waals surface area contributed by atoms with Gasteiger partial charge >= 0.3 is 0 Å². The van der Waals surface area contributed by atoms with E-state index in [0.717, 1.165) is 30.7 Å². The summed E-state index contributed by atoms with van der Waals surface area (Å²) in [4.78, 5) is 2.50. The van der Waals surface area contributed by atoms with Gasteiger partial charge in [-0.15, -0.1) is 12.4 Å². The van der Waals surface area contributed by atoms with Crippen LogP contribution in [0.15, 0.2) is 22.7 Å². The van der Waals surface area contributed by atoms with E-state index in [1.807, 2.05) is 0 Å². The second kappa shape index (κ2) is 7.93. The molecule has 1 aromatic rings. The molecule has 1 aliphatic rings. The molecule has 1 saturated heterocycles. The van der Waals surface area contributed by atoms with Gasteiger partial charge in [0.25, 0.3) is 0 Å². The van der Waals surface area contributed by atoms with Gasteiger partial charge in [0.05, 0.1) is 0 Å². The van der Waals surface area contributed by atoms with Gasteiger partial charge in [-0.3, -0.25) is 4.90 Å². The number of aryl methyl sites for hydroxylation is 1. The molecule has 3 nitrogen and oxygen atoms in total. The smallest absolute Gasteiger partial charge is 0.0500 e. The first-order valence-electron chi connectivity index (χ1n) is 7.27. The van der Waals surface area contributed by atoms with Crippen LogP contribution in [0.25, 0.3) is 0 Å². The largest absolute Gasteiger partial charge is 0.396 e. The molecule has 0 amide bonds. The number of benzene rings is 1. The maximum Gasteiger partial charge on any atom is 0.0500 e. The van der Waals surface area contributed by atoms with Crippen LogP contribution in [0, 0.1) is 12.3 Å². The maximum atomic E-state index is 9.86. The van der Waals surface area contributed by atoms with Crippen molar-refractivity contribution in [3.8, 4) is 0 Å². The lowest BCUT2D eigenvalue weighted by atomic mass is 9.78. The van der Waals surface area contributed by atoms with Crippen molar-refractivity contribution in [3.63, 3.8) is 0 Å². The van der Waals surface area contributed by atoms with Crippen LogP contribution < -0.4 is 5.32 Å². The number of aliphatic hydroxyl groups is 1. The van der Waals surface area contributed by atoms with Crippen LogP contribution >= 0.6 is 28.3 Å². The molecule has 0 aliphatic carbocycles. The molecule has 1 atom stereocenters. The standard InChI is InChI=1S/C16H25BrN2O.ClH/c1-12-4-5-13(17)10-14(12)15(16(2,3)11-20)19-8-6-18-7-9-19;/h4-5,10,15,18,20H,6-9,11H2,1-3H3;1H/t15-;/m0./s1. The molecular formula is C16H26BrClN2O. The monoisotopic (exact) mass is 376 g/mol. The first kappa shape index (κ1) is 18.9. The number of nitrogens with one attached hydrogen (secondary N) is 1. The third-order valence-corrected chi connectivity index (χ3v) is 4.69. The molecule has 0 aromatic heterocycles. The van der Waals surface area contributed by atoms with E-state index in [0.29, 0.717) is 0 Å². The Labute approximate surface area is 142 Å². The van der Waals surface area contributed by atoms with Gasteiger partial charge in [-0.05, 0) is 30.2 Å². The Kier molecular flexibility index (Phi) is 7.14. The Bertz CT molecular complexity index is 462. The summed E-state index contributed by atoms with van der Waals surface area (Å²) in [5.74, 6) is 0. The highest BCUT2D eigenvalue weighted by molar-refractivity contribution is 9.10. The minimum Gasteiger partial charge on any atom is -0.396 e. The number of rotatable bonds is 4. The topological polar surface area (TPSA) is 35.5 Å². The minimum absolute atomic E-state index is 0. The van der Waals surface area contributed by atoms with Gasteiger partial charge < -0.3 is 10.4 Å². The van der Waals surface area contributed by atoms with Gasteiger partial charge in [-0.25, -0.2) is 0 Å². The summed E-state index contributed by atoms with van der Waals surface area (Å²) in [7, 11) is 0. The number of aliphatic hydroxyl groups excluding tert-OH is 1. The Morgan fingerprint density at radius 1 is 1.33 bits per heavy atom. The van der Waals surface area contributed by atoms with E-state index in [1.165, 1.54) is 11.1 Å². The Hall–Kier alpha value is -0.130. The molecule has 5 heteroatoms. The lowest BCUT2D eigenvalue weighted by Gasteiger charge is -2.44. The number of hydrogen-bond donors (Lipinski definition) is 2. The molecule has 0 bridgehead atoms. The van der Waals surface area contributed by atoms with Gasteiger partial charge in [0.2, 0.25) is 0 Å². The molecule has 0 saturated carbocycles. The average Bonchev–Trinajstić information content (AvgIpc) is 2.44. The highest BCUT2D eigenvalue weighted by Gasteiger charge is 2.36. The van der Waals surface area contributed by atoms with E-state index >= 15 is 0 Å². The van der Waals surface area contributed by atoms with E-state index in [4.69, 9.17) is 0 Å². The van der Waals surface area contributed by atoms with E-state index in [-0.39, 0.29) is 30.5 Å². The van der Waals surface area contributed by atoms with E-state index in [1.54, 1.807) is 0 Å². The van der Waals surface area contributed by atoms with E-state index < -0.39 is 0 Å². The van der Waals surface area contributed by atoms with Crippen molar-refractivity contribution in [2.24, 2.45) is 5.41 Å². The van der Waals surface area contributed by atoms with E-state index in [9.17, 15) is 5.11 Å². The van der Waals surface area contributed by atoms with Crippen molar-refractivity contribution in [2.75, 3.05) is 32.8 Å². The Morgan fingerprint density at radius 2 is 1.95 bits per heavy atom. The zero-order valence-electron chi connectivity index (χ0n) is 13.0. The van der Waals surface area contributed by atoms with Crippen molar-refractivity contribution in [3.05, 3.63) is 33.8 Å². The fourth-order valence-electron chi connectivity index (χ4n) is 3.04. The average molecular weight is 378 g/mol. The molecule has 2 rings (SSSR count). The zero-order chi connectivity index (χ0) is 14.8. The van der Waals surface area contributed by atoms with Crippen LogP contribution in [0.2, 0.25) is 0 Å². The first-order valence-corrected chi connectivity index (χ1v) is 8.06. The Balaban J connectivity index is 0.00000220. The third kappa shape index (κ3) is 4.42. The van der Waals surface area contributed by atoms with Crippen LogP contribution in [-0.4, -0.2) is 42.8 Å². The van der Waals surface area contributed by atoms with E-state index in [2.05, 4.69) is 65.1 Å². The SMILES string of the molecule is Cc1ccc(Br)cc1[C@H](N1CCNCC1)C(C)(C)CO.Cl.